The molecule has 0 atom stereocenters. The molecule has 2 N–H and O–H groups in total. The quantitative estimate of drug-likeness (QED) is 0.412. The van der Waals surface area contributed by atoms with Crippen LogP contribution in [-0.2, 0) is 11.0 Å². The zero-order valence-corrected chi connectivity index (χ0v) is 17.8. The molecule has 4 aromatic rings. The molecule has 2 aromatic heterocycles. The van der Waals surface area contributed by atoms with Crippen LogP contribution in [-0.4, -0.2) is 26.6 Å². The zero-order valence-electron chi connectivity index (χ0n) is 16.2. The van der Waals surface area contributed by atoms with E-state index in [2.05, 4.69) is 20.7 Å². The summed E-state index contributed by atoms with van der Waals surface area (Å²) in [5.74, 6) is -1.26. The number of halogens is 4. The van der Waals surface area contributed by atoms with Crippen molar-refractivity contribution in [2.75, 3.05) is 10.6 Å². The molecule has 0 spiro atoms. The lowest BCUT2D eigenvalue weighted by Crippen LogP contribution is -2.20. The molecule has 32 heavy (non-hydrogen) atoms. The van der Waals surface area contributed by atoms with Crippen LogP contribution in [0.2, 0.25) is 5.02 Å². The van der Waals surface area contributed by atoms with Crippen LogP contribution in [0.1, 0.15) is 23.0 Å². The van der Waals surface area contributed by atoms with E-state index in [1.807, 2.05) is 0 Å². The topological polar surface area (TPSA) is 88.9 Å². The molecule has 0 aliphatic heterocycles. The second-order valence-electron chi connectivity index (χ2n) is 6.63. The predicted molar refractivity (Wildman–Crippen MR) is 115 cm³/mol. The number of nitrogens with one attached hydrogen (secondary N) is 2. The summed E-state index contributed by atoms with van der Waals surface area (Å²) in [5, 5.41) is 9.12. The first-order valence-electron chi connectivity index (χ1n) is 9.02. The van der Waals surface area contributed by atoms with Crippen molar-refractivity contribution in [2.45, 2.75) is 13.1 Å². The summed E-state index contributed by atoms with van der Waals surface area (Å²) in [6.45, 7) is 1.37. The SMILES string of the molecule is CC(=O)Nc1ccc2nc(NC(=O)c3cnn(-c4cccc(Cl)c4)c3C(F)(F)F)sc2c1. The Labute approximate surface area is 187 Å². The highest BCUT2D eigenvalue weighted by Crippen LogP contribution is 2.35. The highest BCUT2D eigenvalue weighted by atomic mass is 35.5. The van der Waals surface area contributed by atoms with Gasteiger partial charge >= 0.3 is 6.18 Å². The van der Waals surface area contributed by atoms with Crippen LogP contribution < -0.4 is 10.6 Å². The number of hydrogen-bond acceptors (Lipinski definition) is 5. The lowest BCUT2D eigenvalue weighted by atomic mass is 10.2. The molecule has 0 saturated heterocycles. The summed E-state index contributed by atoms with van der Waals surface area (Å²) in [7, 11) is 0. The fourth-order valence-electron chi connectivity index (χ4n) is 3.01. The largest absolute Gasteiger partial charge is 0.434 e. The molecule has 2 aromatic carbocycles. The van der Waals surface area contributed by atoms with E-state index >= 15 is 0 Å². The first-order valence-corrected chi connectivity index (χ1v) is 10.2. The fourth-order valence-corrected chi connectivity index (χ4v) is 4.10. The van der Waals surface area contributed by atoms with Crippen LogP contribution in [0, 0.1) is 0 Å². The summed E-state index contributed by atoms with van der Waals surface area (Å²) in [6, 6.07) is 10.6. The number of aromatic nitrogens is 3. The number of fused-ring (bicyclic) bond motifs is 1. The van der Waals surface area contributed by atoms with Gasteiger partial charge in [0.2, 0.25) is 5.91 Å². The maximum absolute atomic E-state index is 13.8. The van der Waals surface area contributed by atoms with Crippen LogP contribution in [0.15, 0.2) is 48.7 Å². The van der Waals surface area contributed by atoms with Gasteiger partial charge in [-0.25, -0.2) is 9.67 Å². The Morgan fingerprint density at radius 1 is 1.12 bits per heavy atom. The maximum Gasteiger partial charge on any atom is 0.434 e. The van der Waals surface area contributed by atoms with Crippen molar-refractivity contribution in [1.29, 1.82) is 0 Å². The number of amides is 2. The number of thiazole rings is 1. The minimum Gasteiger partial charge on any atom is -0.326 e. The van der Waals surface area contributed by atoms with Gasteiger partial charge in [-0.05, 0) is 36.4 Å². The molecule has 0 fully saturated rings. The lowest BCUT2D eigenvalue weighted by Gasteiger charge is -2.12. The first kappa shape index (κ1) is 21.8. The highest BCUT2D eigenvalue weighted by molar-refractivity contribution is 7.22. The minimum atomic E-state index is -4.85. The fraction of sp³-hybridized carbons (Fsp3) is 0.100. The molecule has 2 amide bonds. The van der Waals surface area contributed by atoms with Gasteiger partial charge in [-0.1, -0.05) is 29.0 Å². The van der Waals surface area contributed by atoms with E-state index < -0.39 is 23.3 Å². The second-order valence-corrected chi connectivity index (χ2v) is 8.10. The zero-order chi connectivity index (χ0) is 23.0. The number of rotatable bonds is 4. The molecule has 0 aliphatic carbocycles. The summed E-state index contributed by atoms with van der Waals surface area (Å²) < 4.78 is 42.7. The predicted octanol–water partition coefficient (Wildman–Crippen LogP) is 5.36. The Morgan fingerprint density at radius 3 is 2.59 bits per heavy atom. The van der Waals surface area contributed by atoms with Crippen molar-refractivity contribution in [3.05, 3.63) is 64.9 Å². The molecule has 0 aliphatic rings. The Morgan fingerprint density at radius 2 is 1.91 bits per heavy atom. The third-order valence-electron chi connectivity index (χ3n) is 4.26. The van der Waals surface area contributed by atoms with Crippen molar-refractivity contribution in [2.24, 2.45) is 0 Å². The van der Waals surface area contributed by atoms with Gasteiger partial charge in [0, 0.05) is 17.6 Å². The third-order valence-corrected chi connectivity index (χ3v) is 5.43. The Balaban J connectivity index is 1.67. The van der Waals surface area contributed by atoms with E-state index in [0.717, 1.165) is 17.5 Å². The summed E-state index contributed by atoms with van der Waals surface area (Å²) in [4.78, 5) is 28.1. The average Bonchev–Trinajstić information content (AvgIpc) is 3.31. The Bertz CT molecular complexity index is 1350. The van der Waals surface area contributed by atoms with E-state index in [1.165, 1.54) is 31.2 Å². The van der Waals surface area contributed by atoms with Gasteiger partial charge in [-0.15, -0.1) is 0 Å². The third kappa shape index (κ3) is 4.43. The molecular formula is C20H13ClF3N5O2S. The number of anilines is 2. The molecule has 0 radical (unpaired) electrons. The minimum absolute atomic E-state index is 0.0642. The normalized spacial score (nSPS) is 11.5. The Hall–Kier alpha value is -3.44. The van der Waals surface area contributed by atoms with Crippen molar-refractivity contribution in [1.82, 2.24) is 14.8 Å². The van der Waals surface area contributed by atoms with Gasteiger partial charge < -0.3 is 5.32 Å². The molecule has 2 heterocycles. The summed E-state index contributed by atoms with van der Waals surface area (Å²) >= 11 is 6.94. The van der Waals surface area contributed by atoms with Gasteiger partial charge in [0.05, 0.1) is 27.7 Å². The number of carbonyl (C=O) groups is 2. The summed E-state index contributed by atoms with van der Waals surface area (Å²) in [6.07, 6.45) is -4.01. The maximum atomic E-state index is 13.8. The van der Waals surface area contributed by atoms with Crippen molar-refractivity contribution in [3.8, 4) is 5.69 Å². The van der Waals surface area contributed by atoms with E-state index in [4.69, 9.17) is 11.6 Å². The van der Waals surface area contributed by atoms with Crippen LogP contribution in [0.5, 0.6) is 0 Å². The molecular weight excluding hydrogens is 467 g/mol. The van der Waals surface area contributed by atoms with Crippen LogP contribution in [0.3, 0.4) is 0 Å². The van der Waals surface area contributed by atoms with Gasteiger partial charge in [0.15, 0.2) is 10.8 Å². The van der Waals surface area contributed by atoms with E-state index in [0.29, 0.717) is 20.6 Å². The van der Waals surface area contributed by atoms with Gasteiger partial charge in [-0.3, -0.25) is 14.9 Å². The average molecular weight is 480 g/mol. The first-order chi connectivity index (χ1) is 15.1. The van der Waals surface area contributed by atoms with Crippen LogP contribution in [0.25, 0.3) is 15.9 Å². The van der Waals surface area contributed by atoms with Crippen molar-refractivity contribution >= 4 is 55.8 Å². The second kappa shape index (κ2) is 8.24. The van der Waals surface area contributed by atoms with E-state index in [-0.39, 0.29) is 21.7 Å². The molecule has 0 unspecified atom stereocenters. The van der Waals surface area contributed by atoms with E-state index in [9.17, 15) is 22.8 Å². The van der Waals surface area contributed by atoms with Crippen LogP contribution in [0.4, 0.5) is 24.0 Å². The molecule has 0 bridgehead atoms. The monoisotopic (exact) mass is 479 g/mol. The molecule has 12 heteroatoms. The summed E-state index contributed by atoms with van der Waals surface area (Å²) in [5.41, 5.74) is -0.768. The molecule has 7 nitrogen and oxygen atoms in total. The molecule has 0 saturated carbocycles. The lowest BCUT2D eigenvalue weighted by molar-refractivity contribution is -0.143. The van der Waals surface area contributed by atoms with Crippen LogP contribution >= 0.6 is 22.9 Å². The van der Waals surface area contributed by atoms with Gasteiger partial charge in [0.25, 0.3) is 5.91 Å². The van der Waals surface area contributed by atoms with E-state index in [1.54, 1.807) is 18.2 Å². The number of carbonyl (C=O) groups excluding carboxylic acids is 2. The molecule has 164 valence electrons. The smallest absolute Gasteiger partial charge is 0.326 e. The van der Waals surface area contributed by atoms with Gasteiger partial charge in [0.1, 0.15) is 0 Å². The highest BCUT2D eigenvalue weighted by Gasteiger charge is 2.40. The number of nitrogens with zero attached hydrogens (tertiary/aromatic N) is 3. The number of alkyl halides is 3. The Kier molecular flexibility index (Phi) is 5.61. The van der Waals surface area contributed by atoms with Gasteiger partial charge in [-0.2, -0.15) is 18.3 Å². The number of hydrogen-bond donors (Lipinski definition) is 2. The standard InChI is InChI=1S/C20H13ClF3N5O2S/c1-10(30)26-12-5-6-15-16(8-12)32-19(27-15)28-18(31)14-9-25-29(17(14)20(22,23)24)13-4-2-3-11(21)7-13/h2-9H,1H3,(H,26,30)(H,27,28,31). The van der Waals surface area contributed by atoms with Crippen molar-refractivity contribution < 1.29 is 22.8 Å². The van der Waals surface area contributed by atoms with Crippen molar-refractivity contribution in [3.63, 3.8) is 0 Å². The number of benzene rings is 2. The molecule has 4 rings (SSSR count).